The number of alkyl halides is 3. The zero-order chi connectivity index (χ0) is 15.3. The van der Waals surface area contributed by atoms with Crippen LogP contribution in [-0.4, -0.2) is 22.6 Å². The molecule has 0 spiro atoms. The van der Waals surface area contributed by atoms with Crippen LogP contribution in [0.4, 0.5) is 18.9 Å². The average molecular weight is 293 g/mol. The normalized spacial score (nSPS) is 12.2. The number of ether oxygens (including phenoxy) is 1. The second kappa shape index (κ2) is 6.08. The lowest BCUT2D eigenvalue weighted by Gasteiger charge is -2.09. The highest BCUT2D eigenvalue weighted by Gasteiger charge is 2.33. The van der Waals surface area contributed by atoms with E-state index < -0.39 is 22.4 Å². The van der Waals surface area contributed by atoms with Gasteiger partial charge in [0.1, 0.15) is 5.84 Å². The summed E-state index contributed by atoms with van der Waals surface area (Å²) in [6, 6.07) is 1.91. The molecule has 0 aliphatic heterocycles. The van der Waals surface area contributed by atoms with Crippen LogP contribution in [0.5, 0.6) is 5.75 Å². The Morgan fingerprint density at radius 3 is 2.65 bits per heavy atom. The van der Waals surface area contributed by atoms with Crippen LogP contribution in [0.2, 0.25) is 0 Å². The van der Waals surface area contributed by atoms with Crippen molar-refractivity contribution in [1.82, 2.24) is 0 Å². The molecule has 0 fully saturated rings. The van der Waals surface area contributed by atoms with Gasteiger partial charge in [-0.25, -0.2) is 0 Å². The van der Waals surface area contributed by atoms with Gasteiger partial charge in [0, 0.05) is 12.5 Å². The van der Waals surface area contributed by atoms with E-state index in [1.807, 2.05) is 0 Å². The highest BCUT2D eigenvalue weighted by molar-refractivity contribution is 5.79. The van der Waals surface area contributed by atoms with Gasteiger partial charge in [0.15, 0.2) is 5.75 Å². The van der Waals surface area contributed by atoms with Crippen molar-refractivity contribution in [2.45, 2.75) is 12.6 Å². The minimum Gasteiger partial charge on any atom is -0.486 e. The summed E-state index contributed by atoms with van der Waals surface area (Å²) >= 11 is 0. The minimum absolute atomic E-state index is 0.0331. The topological polar surface area (TPSA) is 111 Å². The number of hydrogen-bond acceptors (Lipinski definition) is 5. The molecule has 1 rings (SSSR count). The van der Waals surface area contributed by atoms with Gasteiger partial charge in [0.2, 0.25) is 0 Å². The summed E-state index contributed by atoms with van der Waals surface area (Å²) in [6.07, 6.45) is -4.72. The highest BCUT2D eigenvalue weighted by atomic mass is 19.4. The number of nitrogens with zero attached hydrogens (tertiary/aromatic N) is 2. The molecule has 0 bridgehead atoms. The van der Waals surface area contributed by atoms with Gasteiger partial charge in [-0.3, -0.25) is 10.1 Å². The van der Waals surface area contributed by atoms with E-state index in [4.69, 9.17) is 15.7 Å². The Bertz CT molecular complexity index is 531. The first kappa shape index (κ1) is 15.5. The number of benzene rings is 1. The van der Waals surface area contributed by atoms with Crippen molar-refractivity contribution >= 4 is 11.5 Å². The number of halogens is 3. The van der Waals surface area contributed by atoms with Gasteiger partial charge in [-0.05, 0) is 12.1 Å². The van der Waals surface area contributed by atoms with Crippen LogP contribution in [0.25, 0.3) is 0 Å². The van der Waals surface area contributed by atoms with Gasteiger partial charge >= 0.3 is 11.9 Å². The van der Waals surface area contributed by atoms with Crippen molar-refractivity contribution in [2.75, 3.05) is 6.61 Å². The van der Waals surface area contributed by atoms with Crippen LogP contribution >= 0.6 is 0 Å². The molecule has 20 heavy (non-hydrogen) atoms. The van der Waals surface area contributed by atoms with Crippen LogP contribution in [0.3, 0.4) is 0 Å². The summed E-state index contributed by atoms with van der Waals surface area (Å²) in [4.78, 5) is 9.75. The Morgan fingerprint density at radius 2 is 2.15 bits per heavy atom. The van der Waals surface area contributed by atoms with E-state index >= 15 is 0 Å². The first-order valence-electron chi connectivity index (χ1n) is 5.20. The third kappa shape index (κ3) is 4.00. The van der Waals surface area contributed by atoms with Crippen molar-refractivity contribution in [2.24, 2.45) is 10.9 Å². The van der Waals surface area contributed by atoms with Gasteiger partial charge < -0.3 is 15.7 Å². The molecule has 0 atom stereocenters. The van der Waals surface area contributed by atoms with E-state index in [9.17, 15) is 23.3 Å². The Balaban J connectivity index is 2.94. The standard InChI is InChI=1S/C10H10F3N3O4/c11-10(12,13)6-1-2-8(7(5-6)16(18)19)20-4-3-9(14)15-17/h1-2,5,17H,3-4H2,(H2,14,15). The lowest BCUT2D eigenvalue weighted by molar-refractivity contribution is -0.386. The number of hydrogen-bond donors (Lipinski definition) is 2. The van der Waals surface area contributed by atoms with Crippen molar-refractivity contribution in [1.29, 1.82) is 0 Å². The van der Waals surface area contributed by atoms with Gasteiger partial charge in [-0.2, -0.15) is 13.2 Å². The summed E-state index contributed by atoms with van der Waals surface area (Å²) < 4.78 is 42.3. The molecule has 0 saturated heterocycles. The zero-order valence-electron chi connectivity index (χ0n) is 9.92. The summed E-state index contributed by atoms with van der Waals surface area (Å²) in [6.45, 7) is -0.178. The molecule has 110 valence electrons. The highest BCUT2D eigenvalue weighted by Crippen LogP contribution is 2.35. The monoisotopic (exact) mass is 293 g/mol. The van der Waals surface area contributed by atoms with Crippen molar-refractivity contribution in [3.63, 3.8) is 0 Å². The molecule has 0 unspecified atom stereocenters. The number of rotatable bonds is 5. The summed E-state index contributed by atoms with van der Waals surface area (Å²) in [5.41, 5.74) is 3.20. The van der Waals surface area contributed by atoms with E-state index in [1.165, 1.54) is 0 Å². The molecule has 0 aliphatic rings. The third-order valence-electron chi connectivity index (χ3n) is 2.23. The fourth-order valence-electron chi connectivity index (χ4n) is 1.27. The predicted octanol–water partition coefficient (Wildman–Crippen LogP) is 2.13. The molecule has 0 heterocycles. The maximum Gasteiger partial charge on any atom is 0.416 e. The molecule has 1 aromatic carbocycles. The van der Waals surface area contributed by atoms with Crippen LogP contribution in [0.1, 0.15) is 12.0 Å². The summed E-state index contributed by atoms with van der Waals surface area (Å²) in [7, 11) is 0. The molecule has 0 aliphatic carbocycles. The molecule has 0 amide bonds. The molecule has 10 heteroatoms. The number of amidine groups is 1. The molecule has 3 N–H and O–H groups in total. The fourth-order valence-corrected chi connectivity index (χ4v) is 1.27. The van der Waals surface area contributed by atoms with E-state index in [2.05, 4.69) is 5.16 Å². The number of nitro benzene ring substituents is 1. The maximum atomic E-state index is 12.4. The lowest BCUT2D eigenvalue weighted by atomic mass is 10.2. The largest absolute Gasteiger partial charge is 0.486 e. The minimum atomic E-state index is -4.68. The van der Waals surface area contributed by atoms with Gasteiger partial charge in [0.05, 0.1) is 17.1 Å². The second-order valence-electron chi connectivity index (χ2n) is 3.63. The molecule has 0 radical (unpaired) electrons. The van der Waals surface area contributed by atoms with Gasteiger partial charge in [0.25, 0.3) is 0 Å². The first-order valence-corrected chi connectivity index (χ1v) is 5.20. The van der Waals surface area contributed by atoms with E-state index in [0.717, 1.165) is 6.07 Å². The fraction of sp³-hybridized carbons (Fsp3) is 0.300. The summed E-state index contributed by atoms with van der Waals surface area (Å²) in [5.74, 6) is -0.492. The molecule has 0 saturated carbocycles. The summed E-state index contributed by atoms with van der Waals surface area (Å²) in [5, 5.41) is 21.7. The Hall–Kier alpha value is -2.52. The average Bonchev–Trinajstić information content (AvgIpc) is 2.37. The SMILES string of the molecule is N/C(CCOc1ccc(C(F)(F)F)cc1[N+](=O)[O-])=N/O. The van der Waals surface area contributed by atoms with Crippen molar-refractivity contribution in [3.05, 3.63) is 33.9 Å². The van der Waals surface area contributed by atoms with Crippen molar-refractivity contribution < 1.29 is 28.0 Å². The van der Waals surface area contributed by atoms with Crippen LogP contribution in [0, 0.1) is 10.1 Å². The molecule has 7 nitrogen and oxygen atoms in total. The molecule has 1 aromatic rings. The molecular formula is C10H10F3N3O4. The zero-order valence-corrected chi connectivity index (χ0v) is 9.92. The molecular weight excluding hydrogens is 283 g/mol. The maximum absolute atomic E-state index is 12.4. The second-order valence-corrected chi connectivity index (χ2v) is 3.63. The number of nitro groups is 1. The lowest BCUT2D eigenvalue weighted by Crippen LogP contribution is -2.15. The number of nitrogens with two attached hydrogens (primary N) is 1. The van der Waals surface area contributed by atoms with Crippen molar-refractivity contribution in [3.8, 4) is 5.75 Å². The van der Waals surface area contributed by atoms with E-state index in [0.29, 0.717) is 12.1 Å². The Kier molecular flexibility index (Phi) is 4.73. The van der Waals surface area contributed by atoms with E-state index in [1.54, 1.807) is 0 Å². The predicted molar refractivity (Wildman–Crippen MR) is 61.6 cm³/mol. The smallest absolute Gasteiger partial charge is 0.416 e. The Labute approximate surface area is 110 Å². The van der Waals surface area contributed by atoms with Crippen LogP contribution in [0.15, 0.2) is 23.4 Å². The first-order chi connectivity index (χ1) is 9.25. The Morgan fingerprint density at radius 1 is 1.50 bits per heavy atom. The third-order valence-corrected chi connectivity index (χ3v) is 2.23. The van der Waals surface area contributed by atoms with Crippen LogP contribution < -0.4 is 10.5 Å². The van der Waals surface area contributed by atoms with Gasteiger partial charge in [-0.15, -0.1) is 0 Å². The van der Waals surface area contributed by atoms with E-state index in [-0.39, 0.29) is 24.6 Å². The van der Waals surface area contributed by atoms with Gasteiger partial charge in [-0.1, -0.05) is 5.16 Å². The molecule has 0 aromatic heterocycles. The van der Waals surface area contributed by atoms with Crippen LogP contribution in [-0.2, 0) is 6.18 Å². The quantitative estimate of drug-likeness (QED) is 0.284. The number of oxime groups is 1.